The summed E-state index contributed by atoms with van der Waals surface area (Å²) in [4.78, 5) is 28.5. The zero-order valence-electron chi connectivity index (χ0n) is 12.0. The summed E-state index contributed by atoms with van der Waals surface area (Å²) in [5.74, 6) is 0.0969. The molecule has 1 aromatic rings. The second-order valence-corrected chi connectivity index (χ2v) is 6.18. The third-order valence-corrected chi connectivity index (χ3v) is 4.86. The number of hydrogen-bond donors (Lipinski definition) is 1. The highest BCUT2D eigenvalue weighted by atomic mass is 16.2. The number of benzene rings is 1. The van der Waals surface area contributed by atoms with Gasteiger partial charge in [0, 0.05) is 36.9 Å². The monoisotopic (exact) mass is 285 g/mol. The fourth-order valence-electron chi connectivity index (χ4n) is 3.71. The van der Waals surface area contributed by atoms with Crippen LogP contribution in [-0.4, -0.2) is 53.8 Å². The summed E-state index contributed by atoms with van der Waals surface area (Å²) >= 11 is 0. The van der Waals surface area contributed by atoms with Gasteiger partial charge >= 0.3 is 0 Å². The van der Waals surface area contributed by atoms with Crippen LogP contribution in [0, 0.1) is 0 Å². The van der Waals surface area contributed by atoms with Crippen LogP contribution in [-0.2, 0) is 11.2 Å². The smallest absolute Gasteiger partial charge is 0.254 e. The molecule has 21 heavy (non-hydrogen) atoms. The van der Waals surface area contributed by atoms with Gasteiger partial charge in [-0.1, -0.05) is 6.07 Å². The van der Waals surface area contributed by atoms with Crippen molar-refractivity contribution in [3.63, 3.8) is 0 Å². The van der Waals surface area contributed by atoms with Gasteiger partial charge in [-0.25, -0.2) is 0 Å². The summed E-state index contributed by atoms with van der Waals surface area (Å²) in [6, 6.07) is 6.11. The van der Waals surface area contributed by atoms with E-state index in [1.54, 1.807) is 0 Å². The van der Waals surface area contributed by atoms with Gasteiger partial charge in [0.05, 0.1) is 6.42 Å². The summed E-state index contributed by atoms with van der Waals surface area (Å²) in [6.45, 7) is 3.80. The van der Waals surface area contributed by atoms with Crippen LogP contribution in [0.25, 0.3) is 0 Å². The SMILES string of the molecule is O=C1Cc2ccc(C(=O)N3CCN4CCCC4C3)cc2N1. The normalized spacial score (nSPS) is 24.7. The van der Waals surface area contributed by atoms with Crippen molar-refractivity contribution < 1.29 is 9.59 Å². The molecule has 5 nitrogen and oxygen atoms in total. The maximum Gasteiger partial charge on any atom is 0.254 e. The van der Waals surface area contributed by atoms with Gasteiger partial charge in [0.2, 0.25) is 5.91 Å². The van der Waals surface area contributed by atoms with E-state index in [1.807, 2.05) is 23.1 Å². The molecule has 0 radical (unpaired) electrons. The van der Waals surface area contributed by atoms with Crippen LogP contribution in [0.1, 0.15) is 28.8 Å². The maximum absolute atomic E-state index is 12.7. The first-order valence-electron chi connectivity index (χ1n) is 7.67. The lowest BCUT2D eigenvalue weighted by Crippen LogP contribution is -2.52. The van der Waals surface area contributed by atoms with Gasteiger partial charge in [-0.3, -0.25) is 14.5 Å². The van der Waals surface area contributed by atoms with Crippen molar-refractivity contribution >= 4 is 17.5 Å². The first-order valence-corrected chi connectivity index (χ1v) is 7.67. The number of amides is 2. The molecule has 3 aliphatic heterocycles. The van der Waals surface area contributed by atoms with Crippen molar-refractivity contribution in [1.82, 2.24) is 9.80 Å². The van der Waals surface area contributed by atoms with Crippen molar-refractivity contribution in [1.29, 1.82) is 0 Å². The Labute approximate surface area is 123 Å². The molecule has 0 spiro atoms. The van der Waals surface area contributed by atoms with Gasteiger partial charge in [-0.15, -0.1) is 0 Å². The van der Waals surface area contributed by atoms with Gasteiger partial charge in [0.1, 0.15) is 0 Å². The minimum atomic E-state index is 0.00849. The summed E-state index contributed by atoms with van der Waals surface area (Å²) < 4.78 is 0. The van der Waals surface area contributed by atoms with Gasteiger partial charge in [0.15, 0.2) is 0 Å². The lowest BCUT2D eigenvalue weighted by molar-refractivity contribution is -0.115. The Bertz CT molecular complexity index is 614. The maximum atomic E-state index is 12.7. The Hall–Kier alpha value is -1.88. The molecule has 1 N–H and O–H groups in total. The average Bonchev–Trinajstić information content (AvgIpc) is 3.09. The van der Waals surface area contributed by atoms with Crippen molar-refractivity contribution in [2.24, 2.45) is 0 Å². The summed E-state index contributed by atoms with van der Waals surface area (Å²) in [6.07, 6.45) is 2.87. The van der Waals surface area contributed by atoms with Crippen molar-refractivity contribution in [3.8, 4) is 0 Å². The van der Waals surface area contributed by atoms with Crippen molar-refractivity contribution in [3.05, 3.63) is 29.3 Å². The van der Waals surface area contributed by atoms with E-state index in [1.165, 1.54) is 19.4 Å². The molecule has 0 aliphatic carbocycles. The molecule has 110 valence electrons. The van der Waals surface area contributed by atoms with E-state index >= 15 is 0 Å². The van der Waals surface area contributed by atoms with Crippen molar-refractivity contribution in [2.45, 2.75) is 25.3 Å². The third-order valence-electron chi connectivity index (χ3n) is 4.86. The summed E-state index contributed by atoms with van der Waals surface area (Å²) in [5, 5.41) is 2.81. The van der Waals surface area contributed by atoms with Crippen LogP contribution in [0.3, 0.4) is 0 Å². The minimum Gasteiger partial charge on any atom is -0.336 e. The van der Waals surface area contributed by atoms with Crippen LogP contribution >= 0.6 is 0 Å². The number of hydrogen-bond acceptors (Lipinski definition) is 3. The second kappa shape index (κ2) is 4.84. The number of carbonyl (C=O) groups excluding carboxylic acids is 2. The van der Waals surface area contributed by atoms with E-state index < -0.39 is 0 Å². The highest BCUT2D eigenvalue weighted by Crippen LogP contribution is 2.26. The lowest BCUT2D eigenvalue weighted by Gasteiger charge is -2.37. The summed E-state index contributed by atoms with van der Waals surface area (Å²) in [7, 11) is 0. The molecule has 1 unspecified atom stereocenters. The van der Waals surface area contributed by atoms with Crippen LogP contribution in [0.2, 0.25) is 0 Å². The van der Waals surface area contributed by atoms with Gasteiger partial charge in [-0.2, -0.15) is 0 Å². The molecule has 1 atom stereocenters. The predicted molar refractivity (Wildman–Crippen MR) is 79.3 cm³/mol. The lowest BCUT2D eigenvalue weighted by atomic mass is 10.1. The van der Waals surface area contributed by atoms with Gasteiger partial charge in [-0.05, 0) is 37.1 Å². The Morgan fingerprint density at radius 3 is 3.05 bits per heavy atom. The fraction of sp³-hybridized carbons (Fsp3) is 0.500. The van der Waals surface area contributed by atoms with Crippen molar-refractivity contribution in [2.75, 3.05) is 31.5 Å². The topological polar surface area (TPSA) is 52.7 Å². The first-order chi connectivity index (χ1) is 10.2. The number of nitrogens with zero attached hydrogens (tertiary/aromatic N) is 2. The standard InChI is InChI=1S/C16H19N3O2/c20-15-9-11-3-4-12(8-14(11)17-15)16(21)19-7-6-18-5-1-2-13(18)10-19/h3-4,8,13H,1-2,5-7,9-10H2,(H,17,20). The molecule has 0 bridgehead atoms. The Balaban J connectivity index is 1.52. The highest BCUT2D eigenvalue weighted by molar-refractivity contribution is 6.02. The molecule has 0 aromatic heterocycles. The summed E-state index contributed by atoms with van der Waals surface area (Å²) in [5.41, 5.74) is 2.46. The Morgan fingerprint density at radius 1 is 1.24 bits per heavy atom. The Morgan fingerprint density at radius 2 is 2.14 bits per heavy atom. The molecule has 2 amide bonds. The van der Waals surface area contributed by atoms with E-state index in [-0.39, 0.29) is 11.8 Å². The number of carbonyl (C=O) groups is 2. The average molecular weight is 285 g/mol. The number of anilines is 1. The zero-order chi connectivity index (χ0) is 14.4. The molecule has 3 heterocycles. The van der Waals surface area contributed by atoms with E-state index in [2.05, 4.69) is 10.2 Å². The predicted octanol–water partition coefficient (Wildman–Crippen LogP) is 1.10. The highest BCUT2D eigenvalue weighted by Gasteiger charge is 2.33. The zero-order valence-corrected chi connectivity index (χ0v) is 12.0. The molecular weight excluding hydrogens is 266 g/mol. The second-order valence-electron chi connectivity index (χ2n) is 6.18. The number of fused-ring (bicyclic) bond motifs is 2. The van der Waals surface area contributed by atoms with Crippen LogP contribution in [0.5, 0.6) is 0 Å². The quantitative estimate of drug-likeness (QED) is 0.840. The molecule has 4 rings (SSSR count). The van der Waals surface area contributed by atoms with Gasteiger partial charge in [0.25, 0.3) is 5.91 Å². The molecule has 2 fully saturated rings. The molecule has 1 aromatic carbocycles. The van der Waals surface area contributed by atoms with Gasteiger partial charge < -0.3 is 10.2 Å². The number of nitrogens with one attached hydrogen (secondary N) is 1. The van der Waals surface area contributed by atoms with Crippen LogP contribution in [0.15, 0.2) is 18.2 Å². The van der Waals surface area contributed by atoms with E-state index in [4.69, 9.17) is 0 Å². The van der Waals surface area contributed by atoms with E-state index in [0.717, 1.165) is 30.9 Å². The largest absolute Gasteiger partial charge is 0.336 e. The number of piperazine rings is 1. The molecule has 0 saturated carbocycles. The Kier molecular flexibility index (Phi) is 2.96. The van der Waals surface area contributed by atoms with E-state index in [9.17, 15) is 9.59 Å². The van der Waals surface area contributed by atoms with Crippen LogP contribution in [0.4, 0.5) is 5.69 Å². The number of rotatable bonds is 1. The minimum absolute atomic E-state index is 0.00849. The van der Waals surface area contributed by atoms with E-state index in [0.29, 0.717) is 18.0 Å². The first kappa shape index (κ1) is 12.8. The molecule has 2 saturated heterocycles. The fourth-order valence-corrected chi connectivity index (χ4v) is 3.71. The molecular formula is C16H19N3O2. The molecule has 5 heteroatoms. The van der Waals surface area contributed by atoms with Crippen LogP contribution < -0.4 is 5.32 Å². The molecule has 3 aliphatic rings. The third kappa shape index (κ3) is 2.21.